The first kappa shape index (κ1) is 23.8. The van der Waals surface area contributed by atoms with Crippen molar-refractivity contribution in [1.29, 1.82) is 0 Å². The minimum atomic E-state index is -0.143. The van der Waals surface area contributed by atoms with Crippen LogP contribution in [0, 0.1) is 11.3 Å². The summed E-state index contributed by atoms with van der Waals surface area (Å²) in [5, 5.41) is 11.2. The lowest BCUT2D eigenvalue weighted by Crippen LogP contribution is -2.46. The van der Waals surface area contributed by atoms with Crippen LogP contribution in [0.5, 0.6) is 0 Å². The van der Waals surface area contributed by atoms with Crippen molar-refractivity contribution in [3.8, 4) is 0 Å². The van der Waals surface area contributed by atoms with Crippen molar-refractivity contribution in [2.75, 3.05) is 36.4 Å². The van der Waals surface area contributed by atoms with E-state index < -0.39 is 0 Å². The van der Waals surface area contributed by atoms with Crippen molar-refractivity contribution in [3.05, 3.63) is 48.2 Å². The molecule has 1 unspecified atom stereocenters. The molecule has 0 radical (unpaired) electrons. The van der Waals surface area contributed by atoms with Crippen LogP contribution in [0.4, 0.5) is 11.5 Å². The van der Waals surface area contributed by atoms with Gasteiger partial charge in [-0.2, -0.15) is 5.10 Å². The fourth-order valence-corrected chi connectivity index (χ4v) is 6.07. The molecule has 1 atom stereocenters. The molecule has 7 nitrogen and oxygen atoms in total. The molecule has 35 heavy (non-hydrogen) atoms. The van der Waals surface area contributed by atoms with Crippen LogP contribution in [0.3, 0.4) is 0 Å². The summed E-state index contributed by atoms with van der Waals surface area (Å²) in [5.41, 5.74) is 2.00. The zero-order valence-corrected chi connectivity index (χ0v) is 20.8. The minimum absolute atomic E-state index is 0.0513. The summed E-state index contributed by atoms with van der Waals surface area (Å²) in [6.07, 6.45) is 10.2. The lowest BCUT2D eigenvalue weighted by atomic mass is 9.74. The largest absolute Gasteiger partial charge is 0.354 e. The highest BCUT2D eigenvalue weighted by Crippen LogP contribution is 2.39. The number of carbonyl (C=O) groups is 2. The Morgan fingerprint density at radius 1 is 0.971 bits per heavy atom. The molecule has 0 bridgehead atoms. The van der Waals surface area contributed by atoms with Gasteiger partial charge in [0.25, 0.3) is 0 Å². The van der Waals surface area contributed by atoms with E-state index in [4.69, 9.17) is 0 Å². The summed E-state index contributed by atoms with van der Waals surface area (Å²) < 4.78 is 0. The molecule has 3 fully saturated rings. The van der Waals surface area contributed by atoms with Crippen molar-refractivity contribution in [3.63, 3.8) is 0 Å². The smallest absolute Gasteiger partial charge is 0.229 e. The first-order valence-corrected chi connectivity index (χ1v) is 13.2. The van der Waals surface area contributed by atoms with E-state index in [1.165, 1.54) is 24.8 Å². The number of carbonyl (C=O) groups excluding carboxylic acids is 2. The van der Waals surface area contributed by atoms with E-state index in [2.05, 4.69) is 44.4 Å². The van der Waals surface area contributed by atoms with Crippen molar-refractivity contribution in [1.82, 2.24) is 15.1 Å². The van der Waals surface area contributed by atoms with Gasteiger partial charge in [0.05, 0.1) is 5.92 Å². The molecule has 7 heteroatoms. The Hall–Kier alpha value is -2.96. The number of nitrogens with one attached hydrogen (secondary N) is 1. The molecule has 2 aromatic rings. The van der Waals surface area contributed by atoms with E-state index in [-0.39, 0.29) is 17.2 Å². The quantitative estimate of drug-likeness (QED) is 0.683. The number of hydrogen-bond acceptors (Lipinski definition) is 5. The Morgan fingerprint density at radius 2 is 1.71 bits per heavy atom. The van der Waals surface area contributed by atoms with Crippen molar-refractivity contribution < 1.29 is 9.59 Å². The summed E-state index contributed by atoms with van der Waals surface area (Å²) in [6.45, 7) is 5.35. The molecular weight excluding hydrogens is 438 g/mol. The maximum atomic E-state index is 13.2. The Kier molecular flexibility index (Phi) is 7.02. The molecule has 1 aliphatic carbocycles. The van der Waals surface area contributed by atoms with Crippen LogP contribution in [0.25, 0.3) is 0 Å². The predicted octanol–water partition coefficient (Wildman–Crippen LogP) is 4.62. The summed E-state index contributed by atoms with van der Waals surface area (Å²) in [7, 11) is 0. The second-order valence-electron chi connectivity index (χ2n) is 10.8. The van der Waals surface area contributed by atoms with Gasteiger partial charge in [0, 0.05) is 43.5 Å². The lowest BCUT2D eigenvalue weighted by molar-refractivity contribution is -0.144. The number of aromatic nitrogens is 2. The molecule has 5 rings (SSSR count). The normalized spacial score (nSPS) is 22.7. The van der Waals surface area contributed by atoms with Crippen molar-refractivity contribution in [2.45, 2.75) is 64.2 Å². The summed E-state index contributed by atoms with van der Waals surface area (Å²) in [5.74, 6) is 1.68. The van der Waals surface area contributed by atoms with Crippen LogP contribution in [-0.2, 0) is 9.59 Å². The fraction of sp³-hybridized carbons (Fsp3) is 0.571. The predicted molar refractivity (Wildman–Crippen MR) is 137 cm³/mol. The van der Waals surface area contributed by atoms with Crippen LogP contribution in [0.1, 0.15) is 69.8 Å². The average molecular weight is 476 g/mol. The van der Waals surface area contributed by atoms with E-state index in [9.17, 15) is 9.59 Å². The van der Waals surface area contributed by atoms with Gasteiger partial charge in [-0.15, -0.1) is 5.10 Å². The Labute approximate surface area is 208 Å². The number of nitrogens with zero attached hydrogens (tertiary/aromatic N) is 4. The third kappa shape index (κ3) is 5.34. The maximum absolute atomic E-state index is 13.2. The molecule has 1 saturated carbocycles. The molecule has 2 amide bonds. The van der Waals surface area contributed by atoms with Gasteiger partial charge in [0.2, 0.25) is 11.8 Å². The molecule has 2 aliphatic heterocycles. The number of anilines is 2. The highest BCUT2D eigenvalue weighted by molar-refractivity contribution is 5.93. The molecule has 2 saturated heterocycles. The minimum Gasteiger partial charge on any atom is -0.354 e. The highest BCUT2D eigenvalue weighted by atomic mass is 16.2. The van der Waals surface area contributed by atoms with E-state index in [1.807, 2.05) is 24.3 Å². The van der Waals surface area contributed by atoms with Gasteiger partial charge in [-0.25, -0.2) is 0 Å². The molecule has 3 heterocycles. The number of rotatable bonds is 5. The van der Waals surface area contributed by atoms with Gasteiger partial charge in [0.1, 0.15) is 0 Å². The monoisotopic (exact) mass is 475 g/mol. The van der Waals surface area contributed by atoms with Crippen molar-refractivity contribution in [2.24, 2.45) is 11.3 Å². The number of benzene rings is 1. The first-order valence-electron chi connectivity index (χ1n) is 13.2. The van der Waals surface area contributed by atoms with Gasteiger partial charge < -0.3 is 15.1 Å². The van der Waals surface area contributed by atoms with Gasteiger partial charge in [0.15, 0.2) is 5.82 Å². The number of piperidine rings is 1. The van der Waals surface area contributed by atoms with Gasteiger partial charge in [-0.3, -0.25) is 9.59 Å². The number of likely N-dealkylation sites (tertiary alicyclic amines) is 1. The molecule has 1 aromatic heterocycles. The zero-order valence-electron chi connectivity index (χ0n) is 20.8. The second kappa shape index (κ2) is 10.3. The third-order valence-corrected chi connectivity index (χ3v) is 8.35. The fourth-order valence-electron chi connectivity index (χ4n) is 6.07. The van der Waals surface area contributed by atoms with Gasteiger partial charge >= 0.3 is 0 Å². The van der Waals surface area contributed by atoms with E-state index in [0.29, 0.717) is 18.4 Å². The Balaban J connectivity index is 1.11. The Bertz CT molecular complexity index is 1010. The van der Waals surface area contributed by atoms with E-state index >= 15 is 0 Å². The van der Waals surface area contributed by atoms with Gasteiger partial charge in [-0.1, -0.05) is 38.3 Å². The summed E-state index contributed by atoms with van der Waals surface area (Å²) >= 11 is 0. The van der Waals surface area contributed by atoms with Crippen LogP contribution < -0.4 is 10.2 Å². The van der Waals surface area contributed by atoms with Crippen LogP contribution in [0.15, 0.2) is 42.6 Å². The maximum Gasteiger partial charge on any atom is 0.229 e. The molecular formula is C28H37N5O2. The SMILES string of the molecule is CC1(C(=O)N2CCC(c3ccc(NC(=O)C4CCN(c5cccnn5)C4)cc3)CC2)CCCCC1. The van der Waals surface area contributed by atoms with Crippen LogP contribution >= 0.6 is 0 Å². The second-order valence-corrected chi connectivity index (χ2v) is 10.8. The Morgan fingerprint density at radius 3 is 2.40 bits per heavy atom. The third-order valence-electron chi connectivity index (χ3n) is 8.35. The number of amides is 2. The van der Waals surface area contributed by atoms with Crippen molar-refractivity contribution >= 4 is 23.3 Å². The topological polar surface area (TPSA) is 78.4 Å². The first-order chi connectivity index (χ1) is 17.0. The molecule has 1 aromatic carbocycles. The molecule has 1 N–H and O–H groups in total. The van der Waals surface area contributed by atoms with Gasteiger partial charge in [-0.05, 0) is 67.9 Å². The highest BCUT2D eigenvalue weighted by Gasteiger charge is 2.38. The molecule has 3 aliphatic rings. The lowest BCUT2D eigenvalue weighted by Gasteiger charge is -2.40. The zero-order chi connectivity index (χ0) is 24.3. The number of hydrogen-bond donors (Lipinski definition) is 1. The average Bonchev–Trinajstić information content (AvgIpc) is 3.41. The standard InChI is InChI=1S/C28H37N5O2/c1-28(14-3-2-4-15-28)27(35)32-17-11-22(12-18-32)21-7-9-24(10-8-21)30-26(34)23-13-19-33(20-23)25-6-5-16-29-31-25/h5-10,16,22-23H,2-4,11-15,17-20H2,1H3,(H,30,34). The van der Waals surface area contributed by atoms with E-state index in [0.717, 1.165) is 63.2 Å². The molecule has 186 valence electrons. The summed E-state index contributed by atoms with van der Waals surface area (Å²) in [4.78, 5) is 30.2. The molecule has 0 spiro atoms. The summed E-state index contributed by atoms with van der Waals surface area (Å²) in [6, 6.07) is 12.1. The van der Waals surface area contributed by atoms with Crippen LogP contribution in [-0.4, -0.2) is 53.1 Å². The van der Waals surface area contributed by atoms with Crippen LogP contribution in [0.2, 0.25) is 0 Å². The van der Waals surface area contributed by atoms with E-state index in [1.54, 1.807) is 6.20 Å².